The zero-order chi connectivity index (χ0) is 9.52. The van der Waals surface area contributed by atoms with Crippen LogP contribution in [0.1, 0.15) is 31.5 Å². The van der Waals surface area contributed by atoms with Gasteiger partial charge in [-0.1, -0.05) is 13.0 Å². The second-order valence-corrected chi connectivity index (χ2v) is 3.42. The van der Waals surface area contributed by atoms with Crippen molar-refractivity contribution < 1.29 is 0 Å². The number of hydrogen-bond donors (Lipinski definition) is 1. The summed E-state index contributed by atoms with van der Waals surface area (Å²) in [6.45, 7) is 6.89. The molecular formula is C9H15N3S. The molecule has 0 aliphatic carbocycles. The van der Waals surface area contributed by atoms with Crippen LogP contribution in [-0.2, 0) is 0 Å². The Labute approximate surface area is 83.2 Å². The predicted octanol–water partition coefficient (Wildman–Crippen LogP) is 2.15. The highest BCUT2D eigenvalue weighted by atomic mass is 32.1. The highest BCUT2D eigenvalue weighted by Crippen LogP contribution is 2.14. The van der Waals surface area contributed by atoms with Crippen LogP contribution in [0.3, 0.4) is 0 Å². The van der Waals surface area contributed by atoms with E-state index in [0.717, 1.165) is 25.1 Å². The zero-order valence-electron chi connectivity index (χ0n) is 7.86. The van der Waals surface area contributed by atoms with Crippen LogP contribution in [0.4, 0.5) is 0 Å². The van der Waals surface area contributed by atoms with Gasteiger partial charge < -0.3 is 5.32 Å². The topological polar surface area (TPSA) is 37.8 Å². The summed E-state index contributed by atoms with van der Waals surface area (Å²) in [7, 11) is 0. The first-order valence-corrected chi connectivity index (χ1v) is 5.23. The van der Waals surface area contributed by atoms with Gasteiger partial charge in [-0.2, -0.15) is 8.75 Å². The molecule has 1 heterocycles. The molecule has 0 aliphatic heterocycles. The molecule has 0 saturated carbocycles. The summed E-state index contributed by atoms with van der Waals surface area (Å²) in [5.74, 6) is 0. The number of hydrogen-bond acceptors (Lipinski definition) is 4. The van der Waals surface area contributed by atoms with Crippen molar-refractivity contribution in [3.8, 4) is 0 Å². The summed E-state index contributed by atoms with van der Waals surface area (Å²) >= 11 is 1.25. The molecule has 0 fully saturated rings. The van der Waals surface area contributed by atoms with Gasteiger partial charge in [-0.3, -0.25) is 0 Å². The molecule has 0 saturated heterocycles. The SMILES string of the molecule is C=CCC(NCCC)c1cnsn1. The van der Waals surface area contributed by atoms with Crippen molar-refractivity contribution in [2.45, 2.75) is 25.8 Å². The Bertz CT molecular complexity index is 233. The summed E-state index contributed by atoms with van der Waals surface area (Å²) in [6, 6.07) is 0.288. The van der Waals surface area contributed by atoms with Gasteiger partial charge in [-0.15, -0.1) is 6.58 Å². The van der Waals surface area contributed by atoms with Gasteiger partial charge in [0.05, 0.1) is 29.7 Å². The van der Waals surface area contributed by atoms with Crippen LogP contribution < -0.4 is 5.32 Å². The third kappa shape index (κ3) is 3.24. The fraction of sp³-hybridized carbons (Fsp3) is 0.556. The average Bonchev–Trinajstić information content (AvgIpc) is 2.65. The van der Waals surface area contributed by atoms with Crippen LogP contribution in [0.5, 0.6) is 0 Å². The van der Waals surface area contributed by atoms with E-state index >= 15 is 0 Å². The summed E-state index contributed by atoms with van der Waals surface area (Å²) < 4.78 is 8.20. The summed E-state index contributed by atoms with van der Waals surface area (Å²) in [6.07, 6.45) is 5.77. The molecule has 1 atom stereocenters. The largest absolute Gasteiger partial charge is 0.308 e. The molecule has 0 spiro atoms. The normalized spacial score (nSPS) is 12.7. The minimum atomic E-state index is 0.288. The Morgan fingerprint density at radius 2 is 2.62 bits per heavy atom. The van der Waals surface area contributed by atoms with Crippen molar-refractivity contribution >= 4 is 11.7 Å². The van der Waals surface area contributed by atoms with E-state index in [1.165, 1.54) is 11.7 Å². The monoisotopic (exact) mass is 197 g/mol. The van der Waals surface area contributed by atoms with Crippen molar-refractivity contribution in [1.29, 1.82) is 0 Å². The van der Waals surface area contributed by atoms with Gasteiger partial charge in [0.2, 0.25) is 0 Å². The molecule has 1 rings (SSSR count). The molecule has 3 nitrogen and oxygen atoms in total. The van der Waals surface area contributed by atoms with Crippen molar-refractivity contribution in [2.75, 3.05) is 6.54 Å². The molecule has 13 heavy (non-hydrogen) atoms. The molecule has 1 aromatic rings. The van der Waals surface area contributed by atoms with Gasteiger partial charge in [0.25, 0.3) is 0 Å². The molecule has 72 valence electrons. The summed E-state index contributed by atoms with van der Waals surface area (Å²) in [5, 5.41) is 3.41. The molecule has 1 unspecified atom stereocenters. The Balaban J connectivity index is 2.51. The average molecular weight is 197 g/mol. The van der Waals surface area contributed by atoms with E-state index in [2.05, 4.69) is 27.6 Å². The first kappa shape index (κ1) is 10.3. The van der Waals surface area contributed by atoms with E-state index in [9.17, 15) is 0 Å². The van der Waals surface area contributed by atoms with E-state index < -0.39 is 0 Å². The third-order valence-electron chi connectivity index (χ3n) is 1.78. The van der Waals surface area contributed by atoms with Crippen LogP contribution in [0, 0.1) is 0 Å². The van der Waals surface area contributed by atoms with Crippen molar-refractivity contribution in [3.63, 3.8) is 0 Å². The van der Waals surface area contributed by atoms with Gasteiger partial charge in [0.1, 0.15) is 0 Å². The lowest BCUT2D eigenvalue weighted by atomic mass is 10.1. The summed E-state index contributed by atoms with van der Waals surface area (Å²) in [5.41, 5.74) is 1.03. The van der Waals surface area contributed by atoms with Crippen LogP contribution in [0.2, 0.25) is 0 Å². The number of rotatable bonds is 6. The maximum atomic E-state index is 4.21. The van der Waals surface area contributed by atoms with E-state index in [-0.39, 0.29) is 6.04 Å². The number of nitrogens with one attached hydrogen (secondary N) is 1. The minimum absolute atomic E-state index is 0.288. The first-order chi connectivity index (χ1) is 6.38. The molecule has 0 bridgehead atoms. The Morgan fingerprint density at radius 3 is 3.15 bits per heavy atom. The van der Waals surface area contributed by atoms with Gasteiger partial charge in [0.15, 0.2) is 0 Å². The minimum Gasteiger partial charge on any atom is -0.308 e. The molecule has 0 aliphatic rings. The maximum Gasteiger partial charge on any atom is 0.0915 e. The highest BCUT2D eigenvalue weighted by molar-refractivity contribution is 6.99. The van der Waals surface area contributed by atoms with E-state index in [0.29, 0.717) is 0 Å². The second-order valence-electron chi connectivity index (χ2n) is 2.86. The van der Waals surface area contributed by atoms with Gasteiger partial charge in [0, 0.05) is 0 Å². The molecular weight excluding hydrogens is 182 g/mol. The lowest BCUT2D eigenvalue weighted by Gasteiger charge is -2.13. The fourth-order valence-corrected chi connectivity index (χ4v) is 1.59. The van der Waals surface area contributed by atoms with Gasteiger partial charge in [-0.25, -0.2) is 0 Å². The van der Waals surface area contributed by atoms with E-state index in [1.807, 2.05) is 12.3 Å². The van der Waals surface area contributed by atoms with Gasteiger partial charge in [-0.05, 0) is 19.4 Å². The van der Waals surface area contributed by atoms with Gasteiger partial charge >= 0.3 is 0 Å². The van der Waals surface area contributed by atoms with Crippen molar-refractivity contribution in [1.82, 2.24) is 14.1 Å². The lowest BCUT2D eigenvalue weighted by molar-refractivity contribution is 0.529. The van der Waals surface area contributed by atoms with E-state index in [1.54, 1.807) is 0 Å². The third-order valence-corrected chi connectivity index (χ3v) is 2.27. The molecule has 1 N–H and O–H groups in total. The quantitative estimate of drug-likeness (QED) is 0.710. The fourth-order valence-electron chi connectivity index (χ4n) is 1.12. The zero-order valence-corrected chi connectivity index (χ0v) is 8.68. The van der Waals surface area contributed by atoms with E-state index in [4.69, 9.17) is 0 Å². The Hall–Kier alpha value is -0.740. The standard InChI is InChI=1S/C9H15N3S/c1-3-5-8(10-6-4-2)9-7-11-13-12-9/h3,7-8,10H,1,4-6H2,2H3. The molecule has 0 aromatic carbocycles. The highest BCUT2D eigenvalue weighted by Gasteiger charge is 2.10. The van der Waals surface area contributed by atoms with Crippen LogP contribution in [0.25, 0.3) is 0 Å². The smallest absolute Gasteiger partial charge is 0.0915 e. The Morgan fingerprint density at radius 1 is 1.77 bits per heavy atom. The molecule has 0 amide bonds. The van der Waals surface area contributed by atoms with Crippen LogP contribution in [-0.4, -0.2) is 15.3 Å². The molecule has 4 heteroatoms. The molecule has 1 aromatic heterocycles. The maximum absolute atomic E-state index is 4.21. The lowest BCUT2D eigenvalue weighted by Crippen LogP contribution is -2.21. The summed E-state index contributed by atoms with van der Waals surface area (Å²) in [4.78, 5) is 0. The second kappa shape index (κ2) is 5.83. The number of aromatic nitrogens is 2. The first-order valence-electron chi connectivity index (χ1n) is 4.50. The van der Waals surface area contributed by atoms with Crippen LogP contribution in [0.15, 0.2) is 18.9 Å². The Kier molecular flexibility index (Phi) is 4.64. The van der Waals surface area contributed by atoms with Crippen LogP contribution >= 0.6 is 11.7 Å². The van der Waals surface area contributed by atoms with Crippen molar-refractivity contribution in [2.24, 2.45) is 0 Å². The van der Waals surface area contributed by atoms with Crippen molar-refractivity contribution in [3.05, 3.63) is 24.5 Å². The number of nitrogens with zero attached hydrogens (tertiary/aromatic N) is 2. The molecule has 0 radical (unpaired) electrons. The predicted molar refractivity (Wildman–Crippen MR) is 55.8 cm³/mol.